The third kappa shape index (κ3) is 4.70. The number of ether oxygens (including phenoxy) is 2. The Morgan fingerprint density at radius 2 is 2.00 bits per heavy atom. The van der Waals surface area contributed by atoms with E-state index in [9.17, 15) is 9.59 Å². The fourth-order valence-corrected chi connectivity index (χ4v) is 3.85. The first kappa shape index (κ1) is 22.3. The smallest absolute Gasteiger partial charge is 0.239 e. The van der Waals surface area contributed by atoms with Gasteiger partial charge in [0.1, 0.15) is 19.1 Å². The van der Waals surface area contributed by atoms with Crippen molar-refractivity contribution < 1.29 is 19.1 Å². The highest BCUT2D eigenvalue weighted by atomic mass is 35.5. The Morgan fingerprint density at radius 1 is 1.32 bits per heavy atom. The molecule has 0 radical (unpaired) electrons. The minimum atomic E-state index is -0.684. The molecule has 7 nitrogen and oxygen atoms in total. The van der Waals surface area contributed by atoms with Crippen LogP contribution in [0.3, 0.4) is 0 Å². The lowest BCUT2D eigenvalue weighted by Crippen LogP contribution is -2.54. The van der Waals surface area contributed by atoms with Crippen molar-refractivity contribution in [2.45, 2.75) is 39.2 Å². The Morgan fingerprint density at radius 3 is 2.64 bits per heavy atom. The van der Waals surface area contributed by atoms with Gasteiger partial charge in [-0.1, -0.05) is 13.8 Å². The molecule has 156 valence electrons. The van der Waals surface area contributed by atoms with Crippen molar-refractivity contribution in [3.8, 4) is 11.5 Å². The molecule has 1 saturated heterocycles. The van der Waals surface area contributed by atoms with Crippen LogP contribution in [0.2, 0.25) is 0 Å². The number of rotatable bonds is 6. The fraction of sp³-hybridized carbons (Fsp3) is 0.600. The van der Waals surface area contributed by atoms with E-state index in [0.717, 1.165) is 12.1 Å². The first-order valence-corrected chi connectivity index (χ1v) is 9.56. The third-order valence-corrected chi connectivity index (χ3v) is 5.09. The Labute approximate surface area is 172 Å². The van der Waals surface area contributed by atoms with Crippen LogP contribution >= 0.6 is 12.4 Å². The van der Waals surface area contributed by atoms with E-state index < -0.39 is 11.5 Å². The van der Waals surface area contributed by atoms with Crippen LogP contribution in [0.4, 0.5) is 5.69 Å². The lowest BCUT2D eigenvalue weighted by Gasteiger charge is -2.32. The Bertz CT molecular complexity index is 727. The number of hydrogen-bond acceptors (Lipinski definition) is 5. The molecule has 0 aliphatic carbocycles. The van der Waals surface area contributed by atoms with Crippen LogP contribution < -0.4 is 25.4 Å². The van der Waals surface area contributed by atoms with E-state index in [0.29, 0.717) is 50.1 Å². The molecule has 0 bridgehead atoms. The number of nitrogens with two attached hydrogens (primary N) is 1. The average molecular weight is 412 g/mol. The molecule has 2 amide bonds. The maximum absolute atomic E-state index is 12.9. The van der Waals surface area contributed by atoms with Gasteiger partial charge in [0.15, 0.2) is 11.5 Å². The molecule has 1 aromatic carbocycles. The van der Waals surface area contributed by atoms with Crippen molar-refractivity contribution in [1.29, 1.82) is 0 Å². The number of nitrogens with one attached hydrogen (secondary N) is 1. The maximum atomic E-state index is 12.9. The number of fused-ring (bicyclic) bond motifs is 1. The molecule has 3 N–H and O–H groups in total. The zero-order valence-corrected chi connectivity index (χ0v) is 17.5. The second kappa shape index (κ2) is 9.01. The highest BCUT2D eigenvalue weighted by Crippen LogP contribution is 2.36. The van der Waals surface area contributed by atoms with Crippen LogP contribution in [-0.2, 0) is 9.59 Å². The predicted molar refractivity (Wildman–Crippen MR) is 110 cm³/mol. The van der Waals surface area contributed by atoms with Crippen molar-refractivity contribution in [2.75, 3.05) is 31.2 Å². The van der Waals surface area contributed by atoms with E-state index >= 15 is 0 Å². The van der Waals surface area contributed by atoms with Crippen LogP contribution in [0.15, 0.2) is 18.2 Å². The summed E-state index contributed by atoms with van der Waals surface area (Å²) in [6.07, 6.45) is 1.25. The molecule has 2 atom stereocenters. The summed E-state index contributed by atoms with van der Waals surface area (Å²) < 4.78 is 11.1. The SMILES string of the molecule is CC(C)CC(C)(CN)NC(=O)C1CCN(c2ccc3c(c2)OCCO3)C1=O.Cl. The van der Waals surface area contributed by atoms with Crippen molar-refractivity contribution in [1.82, 2.24) is 5.32 Å². The molecule has 2 heterocycles. The van der Waals surface area contributed by atoms with Gasteiger partial charge < -0.3 is 25.4 Å². The number of hydrogen-bond donors (Lipinski definition) is 2. The molecule has 28 heavy (non-hydrogen) atoms. The van der Waals surface area contributed by atoms with Crippen LogP contribution in [0.25, 0.3) is 0 Å². The standard InChI is InChI=1S/C20H29N3O4.ClH/c1-13(2)11-20(3,12-21)22-18(24)15-6-7-23(19(15)25)14-4-5-16-17(10-14)27-9-8-26-16;/h4-5,10,13,15H,6-9,11-12,21H2,1-3H3,(H,22,24);1H. The van der Waals surface area contributed by atoms with Crippen LogP contribution in [0, 0.1) is 11.8 Å². The first-order chi connectivity index (χ1) is 12.8. The quantitative estimate of drug-likeness (QED) is 0.699. The lowest BCUT2D eigenvalue weighted by atomic mass is 9.90. The molecule has 1 fully saturated rings. The van der Waals surface area contributed by atoms with E-state index in [1.54, 1.807) is 17.0 Å². The van der Waals surface area contributed by atoms with Gasteiger partial charge >= 0.3 is 0 Å². The number of halogens is 1. The van der Waals surface area contributed by atoms with Gasteiger partial charge in [0.25, 0.3) is 0 Å². The maximum Gasteiger partial charge on any atom is 0.239 e. The highest BCUT2D eigenvalue weighted by Gasteiger charge is 2.40. The van der Waals surface area contributed by atoms with Gasteiger partial charge in [-0.15, -0.1) is 12.4 Å². The van der Waals surface area contributed by atoms with Crippen molar-refractivity contribution in [3.05, 3.63) is 18.2 Å². The van der Waals surface area contributed by atoms with E-state index in [1.165, 1.54) is 0 Å². The molecule has 0 spiro atoms. The van der Waals surface area contributed by atoms with Gasteiger partial charge in [0, 0.05) is 30.4 Å². The number of nitrogens with zero attached hydrogens (tertiary/aromatic N) is 1. The summed E-state index contributed by atoms with van der Waals surface area (Å²) in [7, 11) is 0. The van der Waals surface area contributed by atoms with Crippen molar-refractivity contribution in [3.63, 3.8) is 0 Å². The summed E-state index contributed by atoms with van der Waals surface area (Å²) in [6, 6.07) is 5.43. The average Bonchev–Trinajstić information content (AvgIpc) is 3.02. The number of carbonyl (C=O) groups excluding carboxylic acids is 2. The second-order valence-corrected chi connectivity index (χ2v) is 8.01. The normalized spacial score (nSPS) is 20.5. The Hall–Kier alpha value is -1.99. The molecular weight excluding hydrogens is 382 g/mol. The summed E-state index contributed by atoms with van der Waals surface area (Å²) in [5.41, 5.74) is 6.11. The number of amides is 2. The number of carbonyl (C=O) groups is 2. The molecule has 2 unspecified atom stereocenters. The first-order valence-electron chi connectivity index (χ1n) is 9.56. The molecule has 2 aliphatic rings. The minimum absolute atomic E-state index is 0. The van der Waals surface area contributed by atoms with Gasteiger partial charge in [-0.3, -0.25) is 9.59 Å². The van der Waals surface area contributed by atoms with Crippen LogP contribution in [0.1, 0.15) is 33.6 Å². The molecule has 1 aromatic rings. The molecule has 2 aliphatic heterocycles. The summed E-state index contributed by atoms with van der Waals surface area (Å²) in [4.78, 5) is 27.3. The summed E-state index contributed by atoms with van der Waals surface area (Å²) >= 11 is 0. The summed E-state index contributed by atoms with van der Waals surface area (Å²) in [5.74, 6) is 0.593. The molecule has 8 heteroatoms. The summed E-state index contributed by atoms with van der Waals surface area (Å²) in [6.45, 7) is 7.96. The number of benzene rings is 1. The molecule has 0 aromatic heterocycles. The van der Waals surface area contributed by atoms with E-state index in [1.807, 2.05) is 13.0 Å². The summed E-state index contributed by atoms with van der Waals surface area (Å²) in [5, 5.41) is 3.01. The van der Waals surface area contributed by atoms with Crippen molar-refractivity contribution in [2.24, 2.45) is 17.6 Å². The number of anilines is 1. The van der Waals surface area contributed by atoms with E-state index in [2.05, 4.69) is 19.2 Å². The largest absolute Gasteiger partial charge is 0.486 e. The van der Waals surface area contributed by atoms with E-state index in [-0.39, 0.29) is 24.2 Å². The van der Waals surface area contributed by atoms with Crippen molar-refractivity contribution >= 4 is 29.9 Å². The van der Waals surface area contributed by atoms with Gasteiger partial charge in [-0.05, 0) is 37.8 Å². The molecule has 3 rings (SSSR count). The monoisotopic (exact) mass is 411 g/mol. The minimum Gasteiger partial charge on any atom is -0.486 e. The molecule has 0 saturated carbocycles. The topological polar surface area (TPSA) is 93.9 Å². The van der Waals surface area contributed by atoms with Crippen LogP contribution in [0.5, 0.6) is 11.5 Å². The predicted octanol–water partition coefficient (Wildman–Crippen LogP) is 2.11. The van der Waals surface area contributed by atoms with Gasteiger partial charge in [0.2, 0.25) is 11.8 Å². The zero-order valence-electron chi connectivity index (χ0n) is 16.7. The fourth-order valence-electron chi connectivity index (χ4n) is 3.85. The molecular formula is C20H30ClN3O4. The second-order valence-electron chi connectivity index (χ2n) is 8.01. The van der Waals surface area contributed by atoms with Crippen LogP contribution in [-0.4, -0.2) is 43.7 Å². The zero-order chi connectivity index (χ0) is 19.6. The Balaban J connectivity index is 0.00000280. The van der Waals surface area contributed by atoms with Gasteiger partial charge in [0.05, 0.1) is 0 Å². The van der Waals surface area contributed by atoms with E-state index in [4.69, 9.17) is 15.2 Å². The highest BCUT2D eigenvalue weighted by molar-refractivity contribution is 6.09. The Kier molecular flexibility index (Phi) is 7.17. The van der Waals surface area contributed by atoms with Gasteiger partial charge in [-0.25, -0.2) is 0 Å². The lowest BCUT2D eigenvalue weighted by molar-refractivity contribution is -0.133. The third-order valence-electron chi connectivity index (χ3n) is 5.09. The van der Waals surface area contributed by atoms with Gasteiger partial charge in [-0.2, -0.15) is 0 Å².